The molecule has 0 bridgehead atoms. The Balaban J connectivity index is 1.59. The van der Waals surface area contributed by atoms with Crippen LogP contribution in [0.2, 0.25) is 0 Å². The van der Waals surface area contributed by atoms with Gasteiger partial charge >= 0.3 is 0 Å². The van der Waals surface area contributed by atoms with Gasteiger partial charge in [-0.05, 0) is 41.5 Å². The molecule has 0 aliphatic heterocycles. The maximum Gasteiger partial charge on any atom is 0.219 e. The fourth-order valence-electron chi connectivity index (χ4n) is 3.02. The molecule has 0 amide bonds. The number of aliphatic imine (C=N–C) groups is 1. The zero-order valence-electron chi connectivity index (χ0n) is 14.3. The molecule has 0 aliphatic rings. The molecule has 128 valence electrons. The molecule has 0 saturated carbocycles. The number of carbonyl (C=O) groups excluding carboxylic acids is 1. The molecule has 0 radical (unpaired) electrons. The number of aryl methyl sites for hydroxylation is 1. The Morgan fingerprint density at radius 2 is 1.92 bits per heavy atom. The highest BCUT2D eigenvalue weighted by Crippen LogP contribution is 2.28. The lowest BCUT2D eigenvalue weighted by molar-refractivity contribution is 0.0978. The molecule has 3 aromatic carbocycles. The lowest BCUT2D eigenvalue weighted by Gasteiger charge is -2.01. The zero-order valence-corrected chi connectivity index (χ0v) is 14.3. The van der Waals surface area contributed by atoms with E-state index >= 15 is 0 Å². The van der Waals surface area contributed by atoms with Crippen LogP contribution >= 0.6 is 0 Å². The van der Waals surface area contributed by atoms with Crippen LogP contribution in [0.1, 0.15) is 21.7 Å². The topological polar surface area (TPSA) is 62.8 Å². The van der Waals surface area contributed by atoms with Crippen molar-refractivity contribution in [2.75, 3.05) is 6.54 Å². The summed E-state index contributed by atoms with van der Waals surface area (Å²) < 4.78 is 5.71. The standard InChI is InChI=1S/C22H17NO3/c1-14-5-4-7-16(22(14)25)12-23-13-19(24)21-11-18-17-8-3-2-6-15(17)9-10-20(18)26-21/h2-12,25H,13H2,1H3. The minimum Gasteiger partial charge on any atom is -0.507 e. The molecular formula is C22H17NO3. The van der Waals surface area contributed by atoms with Crippen molar-refractivity contribution in [2.24, 2.45) is 4.99 Å². The molecule has 4 aromatic rings. The van der Waals surface area contributed by atoms with Gasteiger partial charge in [-0.1, -0.05) is 42.5 Å². The maximum atomic E-state index is 12.4. The number of hydrogen-bond donors (Lipinski definition) is 1. The Kier molecular flexibility index (Phi) is 4.01. The highest BCUT2D eigenvalue weighted by molar-refractivity contribution is 6.09. The van der Waals surface area contributed by atoms with Gasteiger partial charge in [0.25, 0.3) is 0 Å². The smallest absolute Gasteiger partial charge is 0.219 e. The van der Waals surface area contributed by atoms with Crippen molar-refractivity contribution in [1.29, 1.82) is 0 Å². The molecule has 26 heavy (non-hydrogen) atoms. The summed E-state index contributed by atoms with van der Waals surface area (Å²) in [5.74, 6) is 0.273. The SMILES string of the molecule is Cc1cccc(C=NCC(=O)c2cc3c(ccc4ccccc43)o2)c1O. The van der Waals surface area contributed by atoms with Crippen molar-refractivity contribution in [1.82, 2.24) is 0 Å². The van der Waals surface area contributed by atoms with E-state index in [1.54, 1.807) is 12.1 Å². The van der Waals surface area contributed by atoms with E-state index in [9.17, 15) is 9.90 Å². The summed E-state index contributed by atoms with van der Waals surface area (Å²) in [6.45, 7) is 1.78. The average molecular weight is 343 g/mol. The molecule has 4 nitrogen and oxygen atoms in total. The second-order valence-corrected chi connectivity index (χ2v) is 6.21. The van der Waals surface area contributed by atoms with Crippen LogP contribution in [0.25, 0.3) is 21.7 Å². The fraction of sp³-hybridized carbons (Fsp3) is 0.0909. The van der Waals surface area contributed by atoms with E-state index in [1.165, 1.54) is 6.21 Å². The second-order valence-electron chi connectivity index (χ2n) is 6.21. The van der Waals surface area contributed by atoms with Crippen molar-refractivity contribution >= 4 is 33.7 Å². The molecule has 0 aliphatic carbocycles. The molecule has 4 heteroatoms. The van der Waals surface area contributed by atoms with E-state index in [2.05, 4.69) is 4.99 Å². The largest absolute Gasteiger partial charge is 0.507 e. The molecule has 1 heterocycles. The monoisotopic (exact) mass is 343 g/mol. The van der Waals surface area contributed by atoms with Gasteiger partial charge in [-0.2, -0.15) is 0 Å². The number of hydrogen-bond acceptors (Lipinski definition) is 4. The number of phenols is 1. The summed E-state index contributed by atoms with van der Waals surface area (Å²) in [5, 5.41) is 13.1. The predicted octanol–water partition coefficient (Wildman–Crippen LogP) is 4.90. The number of benzene rings is 3. The third-order valence-electron chi connectivity index (χ3n) is 4.44. The summed E-state index contributed by atoms with van der Waals surface area (Å²) in [4.78, 5) is 16.6. The van der Waals surface area contributed by atoms with Gasteiger partial charge in [0.15, 0.2) is 5.76 Å². The predicted molar refractivity (Wildman–Crippen MR) is 103 cm³/mol. The second kappa shape index (κ2) is 6.48. The van der Waals surface area contributed by atoms with Crippen LogP contribution in [0.3, 0.4) is 0 Å². The highest BCUT2D eigenvalue weighted by Gasteiger charge is 2.13. The number of Topliss-reactive ketones (excluding diaryl/α,β-unsaturated/α-hetero) is 1. The summed E-state index contributed by atoms with van der Waals surface area (Å²) in [6.07, 6.45) is 1.51. The Bertz CT molecular complexity index is 1150. The molecule has 0 spiro atoms. The quantitative estimate of drug-likeness (QED) is 0.423. The summed E-state index contributed by atoms with van der Waals surface area (Å²) in [6, 6.07) is 19.0. The number of para-hydroxylation sites is 1. The fourth-order valence-corrected chi connectivity index (χ4v) is 3.02. The van der Waals surface area contributed by atoms with Crippen molar-refractivity contribution in [3.05, 3.63) is 77.6 Å². The summed E-state index contributed by atoms with van der Waals surface area (Å²) in [5.41, 5.74) is 2.05. The van der Waals surface area contributed by atoms with Crippen molar-refractivity contribution in [2.45, 2.75) is 6.92 Å². The lowest BCUT2D eigenvalue weighted by Crippen LogP contribution is -2.02. The molecule has 0 fully saturated rings. The lowest BCUT2D eigenvalue weighted by atomic mass is 10.1. The van der Waals surface area contributed by atoms with Crippen LogP contribution in [0.5, 0.6) is 5.75 Å². The van der Waals surface area contributed by atoms with Crippen molar-refractivity contribution < 1.29 is 14.3 Å². The zero-order chi connectivity index (χ0) is 18.1. The van der Waals surface area contributed by atoms with Gasteiger partial charge in [-0.25, -0.2) is 0 Å². The molecule has 0 unspecified atom stereocenters. The Morgan fingerprint density at radius 3 is 2.81 bits per heavy atom. The van der Waals surface area contributed by atoms with Gasteiger partial charge < -0.3 is 9.52 Å². The molecule has 0 atom stereocenters. The van der Waals surface area contributed by atoms with Crippen LogP contribution in [0.15, 0.2) is 70.1 Å². The normalized spacial score (nSPS) is 11.6. The van der Waals surface area contributed by atoms with Gasteiger partial charge in [0, 0.05) is 17.2 Å². The number of aromatic hydroxyl groups is 1. The Labute approximate surface area is 150 Å². The molecule has 1 N–H and O–H groups in total. The number of phenolic OH excluding ortho intramolecular Hbond substituents is 1. The number of fused-ring (bicyclic) bond motifs is 3. The summed E-state index contributed by atoms with van der Waals surface area (Å²) in [7, 11) is 0. The van der Waals surface area contributed by atoms with Crippen LogP contribution in [0.4, 0.5) is 0 Å². The average Bonchev–Trinajstić information content (AvgIpc) is 3.10. The Hall–Kier alpha value is -3.40. The van der Waals surface area contributed by atoms with E-state index in [0.717, 1.165) is 21.7 Å². The Morgan fingerprint density at radius 1 is 1.08 bits per heavy atom. The van der Waals surface area contributed by atoms with E-state index in [0.29, 0.717) is 16.9 Å². The third-order valence-corrected chi connectivity index (χ3v) is 4.44. The molecule has 0 saturated heterocycles. The van der Waals surface area contributed by atoms with Gasteiger partial charge in [0.05, 0.1) is 0 Å². The number of ketones is 1. The first-order chi connectivity index (χ1) is 12.6. The van der Waals surface area contributed by atoms with Crippen molar-refractivity contribution in [3.63, 3.8) is 0 Å². The van der Waals surface area contributed by atoms with Gasteiger partial charge in [0.2, 0.25) is 5.78 Å². The van der Waals surface area contributed by atoms with Crippen LogP contribution < -0.4 is 0 Å². The van der Waals surface area contributed by atoms with Crippen LogP contribution in [0, 0.1) is 6.92 Å². The number of carbonyl (C=O) groups is 1. The minimum absolute atomic E-state index is 0.0366. The van der Waals surface area contributed by atoms with E-state index in [-0.39, 0.29) is 18.1 Å². The third kappa shape index (κ3) is 2.86. The molecule has 4 rings (SSSR count). The van der Waals surface area contributed by atoms with E-state index in [1.807, 2.05) is 55.5 Å². The summed E-state index contributed by atoms with van der Waals surface area (Å²) >= 11 is 0. The van der Waals surface area contributed by atoms with E-state index in [4.69, 9.17) is 4.42 Å². The number of rotatable bonds is 4. The maximum absolute atomic E-state index is 12.4. The number of nitrogens with zero attached hydrogens (tertiary/aromatic N) is 1. The van der Waals surface area contributed by atoms with Crippen LogP contribution in [-0.4, -0.2) is 23.6 Å². The first-order valence-corrected chi connectivity index (χ1v) is 8.36. The first kappa shape index (κ1) is 16.1. The van der Waals surface area contributed by atoms with E-state index < -0.39 is 0 Å². The van der Waals surface area contributed by atoms with Gasteiger partial charge in [-0.15, -0.1) is 0 Å². The van der Waals surface area contributed by atoms with Crippen molar-refractivity contribution in [3.8, 4) is 5.75 Å². The molecular weight excluding hydrogens is 326 g/mol. The number of furan rings is 1. The van der Waals surface area contributed by atoms with Gasteiger partial charge in [0.1, 0.15) is 17.9 Å². The van der Waals surface area contributed by atoms with Crippen LogP contribution in [-0.2, 0) is 0 Å². The highest BCUT2D eigenvalue weighted by atomic mass is 16.3. The van der Waals surface area contributed by atoms with Gasteiger partial charge in [-0.3, -0.25) is 9.79 Å². The minimum atomic E-state index is -0.200. The molecule has 1 aromatic heterocycles. The first-order valence-electron chi connectivity index (χ1n) is 8.36.